The second kappa shape index (κ2) is 3.77. The van der Waals surface area contributed by atoms with E-state index in [1.165, 1.54) is 35.7 Å². The fourth-order valence-electron chi connectivity index (χ4n) is 2.60. The van der Waals surface area contributed by atoms with E-state index < -0.39 is 0 Å². The Kier molecular flexibility index (Phi) is 2.10. The third-order valence-electron chi connectivity index (χ3n) is 3.85. The predicted molar refractivity (Wildman–Crippen MR) is 75.0 cm³/mol. The van der Waals surface area contributed by atoms with E-state index in [9.17, 15) is 0 Å². The summed E-state index contributed by atoms with van der Waals surface area (Å²) in [5, 5.41) is 5.99. The number of benzene rings is 2. The topological polar surface area (TPSA) is 25.2 Å². The van der Waals surface area contributed by atoms with Crippen LogP contribution in [0.1, 0.15) is 19.3 Å². The lowest BCUT2D eigenvalue weighted by atomic mass is 9.93. The van der Waals surface area contributed by atoms with Crippen molar-refractivity contribution in [3.8, 4) is 0 Å². The summed E-state index contributed by atoms with van der Waals surface area (Å²) in [5.74, 6) is 0. The maximum Gasteiger partial charge on any atom is 0.135 e. The fraction of sp³-hybridized carbons (Fsp3) is 0.250. The SMILES string of the molecule is c1ccc2c(c1)oc1ccc(NC3CCC3)cc12. The van der Waals surface area contributed by atoms with Gasteiger partial charge < -0.3 is 9.73 Å². The van der Waals surface area contributed by atoms with E-state index in [1.54, 1.807) is 0 Å². The monoisotopic (exact) mass is 237 g/mol. The minimum Gasteiger partial charge on any atom is -0.456 e. The van der Waals surface area contributed by atoms with Crippen LogP contribution in [0.3, 0.4) is 0 Å². The zero-order chi connectivity index (χ0) is 11.9. The van der Waals surface area contributed by atoms with Crippen LogP contribution in [0.2, 0.25) is 0 Å². The maximum atomic E-state index is 5.82. The lowest BCUT2D eigenvalue weighted by Crippen LogP contribution is -2.26. The van der Waals surface area contributed by atoms with Crippen molar-refractivity contribution in [2.24, 2.45) is 0 Å². The molecule has 1 heterocycles. The highest BCUT2D eigenvalue weighted by Gasteiger charge is 2.17. The molecule has 0 saturated heterocycles. The summed E-state index contributed by atoms with van der Waals surface area (Å²) < 4.78 is 5.82. The molecule has 0 spiro atoms. The number of hydrogen-bond acceptors (Lipinski definition) is 2. The molecule has 0 radical (unpaired) electrons. The van der Waals surface area contributed by atoms with Gasteiger partial charge in [0, 0.05) is 22.5 Å². The molecule has 2 nitrogen and oxygen atoms in total. The van der Waals surface area contributed by atoms with Crippen LogP contribution in [-0.2, 0) is 0 Å². The number of fused-ring (bicyclic) bond motifs is 3. The van der Waals surface area contributed by atoms with Crippen molar-refractivity contribution in [2.75, 3.05) is 5.32 Å². The van der Waals surface area contributed by atoms with Gasteiger partial charge in [0.15, 0.2) is 0 Å². The Labute approximate surface area is 106 Å². The Hall–Kier alpha value is -1.96. The van der Waals surface area contributed by atoms with Crippen LogP contribution in [0.15, 0.2) is 46.9 Å². The fourth-order valence-corrected chi connectivity index (χ4v) is 2.60. The van der Waals surface area contributed by atoms with E-state index in [0.29, 0.717) is 6.04 Å². The van der Waals surface area contributed by atoms with Gasteiger partial charge in [0.2, 0.25) is 0 Å². The van der Waals surface area contributed by atoms with Crippen molar-refractivity contribution in [1.29, 1.82) is 0 Å². The molecule has 0 bridgehead atoms. The molecule has 1 saturated carbocycles. The molecule has 2 heteroatoms. The Balaban J connectivity index is 1.84. The molecule has 1 fully saturated rings. The first-order valence-corrected chi connectivity index (χ1v) is 6.58. The zero-order valence-electron chi connectivity index (χ0n) is 10.1. The molecule has 18 heavy (non-hydrogen) atoms. The van der Waals surface area contributed by atoms with Gasteiger partial charge in [-0.2, -0.15) is 0 Å². The van der Waals surface area contributed by atoms with Gasteiger partial charge >= 0.3 is 0 Å². The lowest BCUT2D eigenvalue weighted by molar-refractivity contribution is 0.445. The smallest absolute Gasteiger partial charge is 0.135 e. The maximum absolute atomic E-state index is 5.82. The quantitative estimate of drug-likeness (QED) is 0.707. The summed E-state index contributed by atoms with van der Waals surface area (Å²) in [6, 6.07) is 15.3. The average Bonchev–Trinajstić information content (AvgIpc) is 2.72. The first-order valence-electron chi connectivity index (χ1n) is 6.58. The largest absolute Gasteiger partial charge is 0.456 e. The van der Waals surface area contributed by atoms with Gasteiger partial charge in [-0.05, 0) is 43.5 Å². The third-order valence-corrected chi connectivity index (χ3v) is 3.85. The molecule has 90 valence electrons. The predicted octanol–water partition coefficient (Wildman–Crippen LogP) is 4.55. The second-order valence-electron chi connectivity index (χ2n) is 5.08. The Morgan fingerprint density at radius 1 is 0.944 bits per heavy atom. The second-order valence-corrected chi connectivity index (χ2v) is 5.08. The van der Waals surface area contributed by atoms with E-state index in [1.807, 2.05) is 12.1 Å². The number of furan rings is 1. The number of para-hydroxylation sites is 1. The highest BCUT2D eigenvalue weighted by Crippen LogP contribution is 2.31. The molecule has 0 aliphatic heterocycles. The normalized spacial score (nSPS) is 16.0. The molecule has 0 atom stereocenters. The van der Waals surface area contributed by atoms with Gasteiger partial charge in [-0.3, -0.25) is 0 Å². The van der Waals surface area contributed by atoms with E-state index in [2.05, 4.69) is 35.6 Å². The lowest BCUT2D eigenvalue weighted by Gasteiger charge is -2.27. The van der Waals surface area contributed by atoms with Gasteiger partial charge in [-0.15, -0.1) is 0 Å². The summed E-state index contributed by atoms with van der Waals surface area (Å²) in [7, 11) is 0. The molecule has 0 unspecified atom stereocenters. The van der Waals surface area contributed by atoms with Crippen LogP contribution in [0.5, 0.6) is 0 Å². The third kappa shape index (κ3) is 1.49. The molecule has 1 aliphatic carbocycles. The Morgan fingerprint density at radius 2 is 1.78 bits per heavy atom. The molecular weight excluding hydrogens is 222 g/mol. The van der Waals surface area contributed by atoms with Crippen molar-refractivity contribution in [1.82, 2.24) is 0 Å². The highest BCUT2D eigenvalue weighted by molar-refractivity contribution is 6.05. The molecule has 1 N–H and O–H groups in total. The van der Waals surface area contributed by atoms with E-state index in [4.69, 9.17) is 4.42 Å². The van der Waals surface area contributed by atoms with Crippen LogP contribution < -0.4 is 5.32 Å². The Morgan fingerprint density at radius 3 is 2.61 bits per heavy atom. The summed E-state index contributed by atoms with van der Waals surface area (Å²) in [5.41, 5.74) is 3.14. The van der Waals surface area contributed by atoms with E-state index in [0.717, 1.165) is 11.2 Å². The number of anilines is 1. The summed E-state index contributed by atoms with van der Waals surface area (Å²) in [4.78, 5) is 0. The number of hydrogen-bond donors (Lipinski definition) is 1. The minimum atomic E-state index is 0.667. The van der Waals surface area contributed by atoms with Crippen molar-refractivity contribution in [3.05, 3.63) is 42.5 Å². The van der Waals surface area contributed by atoms with E-state index in [-0.39, 0.29) is 0 Å². The first-order chi connectivity index (χ1) is 8.90. The van der Waals surface area contributed by atoms with Crippen LogP contribution in [0, 0.1) is 0 Å². The van der Waals surface area contributed by atoms with Gasteiger partial charge in [0.1, 0.15) is 11.2 Å². The number of rotatable bonds is 2. The molecule has 0 amide bonds. The van der Waals surface area contributed by atoms with Crippen molar-refractivity contribution in [2.45, 2.75) is 25.3 Å². The van der Waals surface area contributed by atoms with Crippen LogP contribution >= 0.6 is 0 Å². The summed E-state index contributed by atoms with van der Waals surface area (Å²) in [6.45, 7) is 0. The Bertz CT molecular complexity index is 709. The summed E-state index contributed by atoms with van der Waals surface area (Å²) in [6.07, 6.45) is 3.95. The van der Waals surface area contributed by atoms with Crippen LogP contribution in [-0.4, -0.2) is 6.04 Å². The molecule has 4 rings (SSSR count). The molecule has 2 aromatic carbocycles. The molecular formula is C16H15NO. The van der Waals surface area contributed by atoms with Crippen molar-refractivity contribution < 1.29 is 4.42 Å². The zero-order valence-corrected chi connectivity index (χ0v) is 10.1. The van der Waals surface area contributed by atoms with Gasteiger partial charge in [0.25, 0.3) is 0 Å². The van der Waals surface area contributed by atoms with Crippen molar-refractivity contribution in [3.63, 3.8) is 0 Å². The van der Waals surface area contributed by atoms with Crippen LogP contribution in [0.25, 0.3) is 21.9 Å². The van der Waals surface area contributed by atoms with E-state index >= 15 is 0 Å². The minimum absolute atomic E-state index is 0.667. The first kappa shape index (κ1) is 10.0. The molecule has 3 aromatic rings. The standard InChI is InChI=1S/C16H15NO/c1-2-7-15-13(6-1)14-10-12(8-9-16(14)18-15)17-11-4-3-5-11/h1-2,6-11,17H,3-5H2. The van der Waals surface area contributed by atoms with Gasteiger partial charge in [-0.25, -0.2) is 0 Å². The average molecular weight is 237 g/mol. The highest BCUT2D eigenvalue weighted by atomic mass is 16.3. The summed E-state index contributed by atoms with van der Waals surface area (Å²) >= 11 is 0. The number of nitrogens with one attached hydrogen (secondary N) is 1. The van der Waals surface area contributed by atoms with Crippen LogP contribution in [0.4, 0.5) is 5.69 Å². The molecule has 1 aromatic heterocycles. The van der Waals surface area contributed by atoms with Gasteiger partial charge in [-0.1, -0.05) is 18.2 Å². The van der Waals surface area contributed by atoms with Gasteiger partial charge in [0.05, 0.1) is 0 Å². The molecule has 1 aliphatic rings. The van der Waals surface area contributed by atoms with Crippen molar-refractivity contribution >= 4 is 27.6 Å².